The minimum Gasteiger partial charge on any atom is -0.491 e. The molecule has 2 aromatic carbocycles. The number of fused-ring (bicyclic) bond motifs is 1. The lowest BCUT2D eigenvalue weighted by atomic mass is 10.0. The van der Waals surface area contributed by atoms with Crippen LogP contribution in [-0.4, -0.2) is 59.4 Å². The number of aromatic nitrogens is 1. The minimum atomic E-state index is -0.294. The first-order chi connectivity index (χ1) is 16.9. The molecular weight excluding hydrogens is 485 g/mol. The van der Waals surface area contributed by atoms with E-state index in [9.17, 15) is 9.59 Å². The Morgan fingerprint density at radius 1 is 1.06 bits per heavy atom. The second-order valence-corrected chi connectivity index (χ2v) is 9.36. The van der Waals surface area contributed by atoms with Crippen LogP contribution in [0.4, 0.5) is 0 Å². The highest BCUT2D eigenvalue weighted by Gasteiger charge is 2.29. The van der Waals surface area contributed by atoms with E-state index in [0.29, 0.717) is 41.4 Å². The molecule has 1 atom stereocenters. The van der Waals surface area contributed by atoms with Gasteiger partial charge >= 0.3 is 0 Å². The van der Waals surface area contributed by atoms with Gasteiger partial charge in [0.25, 0.3) is 11.8 Å². The van der Waals surface area contributed by atoms with Gasteiger partial charge in [-0.05, 0) is 55.2 Å². The molecule has 1 aromatic heterocycles. The van der Waals surface area contributed by atoms with Crippen molar-refractivity contribution in [1.29, 1.82) is 0 Å². The predicted molar refractivity (Wildman–Crippen MR) is 137 cm³/mol. The number of hydrogen-bond acceptors (Lipinski definition) is 4. The Morgan fingerprint density at radius 3 is 2.60 bits per heavy atom. The number of rotatable bonds is 3. The maximum Gasteiger partial charge on any atom is 0.257 e. The maximum atomic E-state index is 13.7. The smallest absolute Gasteiger partial charge is 0.257 e. The molecule has 0 fully saturated rings. The summed E-state index contributed by atoms with van der Waals surface area (Å²) in [6.45, 7) is 1.24. The zero-order valence-electron chi connectivity index (χ0n) is 19.5. The fourth-order valence-electron chi connectivity index (χ4n) is 4.21. The molecule has 0 radical (unpaired) electrons. The summed E-state index contributed by atoms with van der Waals surface area (Å²) in [7, 11) is 1.76. The molecule has 0 saturated carbocycles. The summed E-state index contributed by atoms with van der Waals surface area (Å²) in [5, 5.41) is 0.637. The number of pyridine rings is 1. The van der Waals surface area contributed by atoms with E-state index in [0.717, 1.165) is 18.4 Å². The van der Waals surface area contributed by atoms with E-state index in [1.807, 2.05) is 35.2 Å². The lowest BCUT2D eigenvalue weighted by Gasteiger charge is -2.33. The predicted octanol–water partition coefficient (Wildman–Crippen LogP) is 5.39. The van der Waals surface area contributed by atoms with E-state index in [1.165, 1.54) is 0 Å². The molecule has 1 aliphatic heterocycles. The number of nitrogens with zero attached hydrogens (tertiary/aromatic N) is 3. The molecule has 0 bridgehead atoms. The lowest BCUT2D eigenvalue weighted by molar-refractivity contribution is 0.0590. The highest BCUT2D eigenvalue weighted by molar-refractivity contribution is 6.32. The summed E-state index contributed by atoms with van der Waals surface area (Å²) in [6, 6.07) is 18.1. The third kappa shape index (κ3) is 6.13. The fourth-order valence-corrected chi connectivity index (χ4v) is 4.59. The van der Waals surface area contributed by atoms with Crippen molar-refractivity contribution in [2.24, 2.45) is 0 Å². The van der Waals surface area contributed by atoms with Crippen molar-refractivity contribution >= 4 is 35.0 Å². The summed E-state index contributed by atoms with van der Waals surface area (Å²) in [4.78, 5) is 34.4. The summed E-state index contributed by atoms with van der Waals surface area (Å²) in [5.41, 5.74) is 1.85. The molecule has 0 unspecified atom stereocenters. The molecule has 8 heteroatoms. The van der Waals surface area contributed by atoms with Crippen LogP contribution in [0.1, 0.15) is 39.1 Å². The first-order valence-electron chi connectivity index (χ1n) is 11.6. The Morgan fingerprint density at radius 2 is 1.83 bits per heavy atom. The van der Waals surface area contributed by atoms with Crippen molar-refractivity contribution in [1.82, 2.24) is 14.8 Å². The Kier molecular flexibility index (Phi) is 8.26. The van der Waals surface area contributed by atoms with Gasteiger partial charge in [0.1, 0.15) is 17.5 Å². The third-order valence-electron chi connectivity index (χ3n) is 6.10. The summed E-state index contributed by atoms with van der Waals surface area (Å²) in [5.74, 6) is 0.111. The first-order valence-corrected chi connectivity index (χ1v) is 12.3. The Bertz CT molecular complexity index is 1190. The SMILES string of the molecule is CN1CCCCN(C(=O)c2cccnc2Cl)[C@H](Cc2ccccc2)COc2ccc(Cl)cc2C1=O. The highest BCUT2D eigenvalue weighted by atomic mass is 35.5. The van der Waals surface area contributed by atoms with Crippen LogP contribution in [-0.2, 0) is 6.42 Å². The molecule has 0 saturated heterocycles. The van der Waals surface area contributed by atoms with Crippen molar-refractivity contribution in [2.75, 3.05) is 26.7 Å². The molecule has 2 heterocycles. The average Bonchev–Trinajstić information content (AvgIpc) is 2.86. The van der Waals surface area contributed by atoms with Crippen molar-refractivity contribution in [2.45, 2.75) is 25.3 Å². The molecule has 4 rings (SSSR count). The van der Waals surface area contributed by atoms with Gasteiger partial charge in [-0.3, -0.25) is 9.59 Å². The van der Waals surface area contributed by atoms with E-state index in [4.69, 9.17) is 27.9 Å². The van der Waals surface area contributed by atoms with Crippen molar-refractivity contribution in [3.05, 3.63) is 93.7 Å². The molecule has 182 valence electrons. The Labute approximate surface area is 215 Å². The van der Waals surface area contributed by atoms with Gasteiger partial charge in [-0.1, -0.05) is 53.5 Å². The molecule has 0 N–H and O–H groups in total. The third-order valence-corrected chi connectivity index (χ3v) is 6.63. The average molecular weight is 512 g/mol. The Balaban J connectivity index is 1.72. The molecule has 3 aromatic rings. The van der Waals surface area contributed by atoms with E-state index >= 15 is 0 Å². The maximum absolute atomic E-state index is 13.7. The van der Waals surface area contributed by atoms with E-state index in [1.54, 1.807) is 48.5 Å². The topological polar surface area (TPSA) is 62.7 Å². The number of amides is 2. The van der Waals surface area contributed by atoms with E-state index in [-0.39, 0.29) is 29.6 Å². The van der Waals surface area contributed by atoms with Gasteiger partial charge in [0.15, 0.2) is 0 Å². The molecule has 2 amide bonds. The Hall–Kier alpha value is -3.09. The second kappa shape index (κ2) is 11.6. The van der Waals surface area contributed by atoms with Crippen molar-refractivity contribution in [3.63, 3.8) is 0 Å². The number of benzene rings is 2. The molecule has 1 aliphatic rings. The van der Waals surface area contributed by atoms with Gasteiger partial charge < -0.3 is 14.5 Å². The standard InChI is InChI=1S/C27H27Cl2N3O3/c1-31-14-5-6-15-32(27(34)22-10-7-13-30-25(22)29)21(16-19-8-3-2-4-9-19)18-35-24-12-11-20(28)17-23(24)26(31)33/h2-4,7-13,17,21H,5-6,14-16,18H2,1H3/t21-/m1/s1. The van der Waals surface area contributed by atoms with Gasteiger partial charge in [0.05, 0.1) is 17.2 Å². The molecule has 6 nitrogen and oxygen atoms in total. The zero-order valence-corrected chi connectivity index (χ0v) is 21.0. The van der Waals surface area contributed by atoms with Crippen LogP contribution in [0, 0.1) is 0 Å². The molecule has 35 heavy (non-hydrogen) atoms. The van der Waals surface area contributed by atoms with Crippen LogP contribution in [0.2, 0.25) is 10.2 Å². The van der Waals surface area contributed by atoms with Crippen LogP contribution >= 0.6 is 23.2 Å². The lowest BCUT2D eigenvalue weighted by Crippen LogP contribution is -2.46. The van der Waals surface area contributed by atoms with Crippen molar-refractivity contribution in [3.8, 4) is 5.75 Å². The van der Waals surface area contributed by atoms with Crippen LogP contribution < -0.4 is 4.74 Å². The van der Waals surface area contributed by atoms with Crippen LogP contribution in [0.3, 0.4) is 0 Å². The normalized spacial score (nSPS) is 17.1. The molecule has 0 aliphatic carbocycles. The second-order valence-electron chi connectivity index (χ2n) is 8.57. The fraction of sp³-hybridized carbons (Fsp3) is 0.296. The highest BCUT2D eigenvalue weighted by Crippen LogP contribution is 2.26. The number of halogens is 2. The molecule has 0 spiro atoms. The summed E-state index contributed by atoms with van der Waals surface area (Å²) < 4.78 is 6.22. The number of carbonyl (C=O) groups excluding carboxylic acids is 2. The first kappa shape index (κ1) is 25.0. The van der Waals surface area contributed by atoms with Gasteiger partial charge in [-0.2, -0.15) is 0 Å². The summed E-state index contributed by atoms with van der Waals surface area (Å²) in [6.07, 6.45) is 3.60. The summed E-state index contributed by atoms with van der Waals surface area (Å²) >= 11 is 12.5. The van der Waals surface area contributed by atoms with Crippen LogP contribution in [0.5, 0.6) is 5.75 Å². The molecular formula is C27H27Cl2N3O3. The monoisotopic (exact) mass is 511 g/mol. The van der Waals surface area contributed by atoms with Gasteiger partial charge in [0, 0.05) is 31.4 Å². The van der Waals surface area contributed by atoms with Crippen LogP contribution in [0.25, 0.3) is 0 Å². The van der Waals surface area contributed by atoms with E-state index in [2.05, 4.69) is 4.98 Å². The number of ether oxygens (including phenoxy) is 1. The number of hydrogen-bond donors (Lipinski definition) is 0. The van der Waals surface area contributed by atoms with Crippen molar-refractivity contribution < 1.29 is 14.3 Å². The zero-order chi connectivity index (χ0) is 24.8. The number of carbonyl (C=O) groups is 2. The minimum absolute atomic E-state index is 0.141. The van der Waals surface area contributed by atoms with Gasteiger partial charge in [-0.25, -0.2) is 4.98 Å². The van der Waals surface area contributed by atoms with E-state index < -0.39 is 0 Å². The largest absolute Gasteiger partial charge is 0.491 e. The van der Waals surface area contributed by atoms with Gasteiger partial charge in [0.2, 0.25) is 0 Å². The van der Waals surface area contributed by atoms with Crippen LogP contribution in [0.15, 0.2) is 66.9 Å². The quantitative estimate of drug-likeness (QED) is 0.442. The van der Waals surface area contributed by atoms with Gasteiger partial charge in [-0.15, -0.1) is 0 Å².